The number of nitrogens with one attached hydrogen (secondary N) is 2. The van der Waals surface area contributed by atoms with Gasteiger partial charge in [0.2, 0.25) is 0 Å². The van der Waals surface area contributed by atoms with Gasteiger partial charge in [0.05, 0.1) is 17.5 Å². The van der Waals surface area contributed by atoms with Crippen LogP contribution in [-0.4, -0.2) is 31.1 Å². The van der Waals surface area contributed by atoms with Crippen molar-refractivity contribution >= 4 is 29.4 Å². The van der Waals surface area contributed by atoms with Gasteiger partial charge in [-0.15, -0.1) is 0 Å². The number of halogens is 1. The number of benzene rings is 3. The van der Waals surface area contributed by atoms with Crippen molar-refractivity contribution in [2.45, 2.75) is 19.3 Å². The Bertz CT molecular complexity index is 1140. The van der Waals surface area contributed by atoms with Gasteiger partial charge >= 0.3 is 0 Å². The van der Waals surface area contributed by atoms with Gasteiger partial charge in [-0.3, -0.25) is 9.59 Å². The maximum Gasteiger partial charge on any atom is 0.273 e. The minimum atomic E-state index is -0.449. The third kappa shape index (κ3) is 5.83. The van der Waals surface area contributed by atoms with Gasteiger partial charge in [0.25, 0.3) is 11.8 Å². The fourth-order valence-electron chi connectivity index (χ4n) is 3.74. The van der Waals surface area contributed by atoms with Crippen molar-refractivity contribution in [3.8, 4) is 0 Å². The molecule has 1 fully saturated rings. The lowest BCUT2D eigenvalue weighted by Gasteiger charge is -2.29. The number of carbonyl (C=O) groups excluding carboxylic acids is 2. The van der Waals surface area contributed by atoms with E-state index < -0.39 is 5.91 Å². The van der Waals surface area contributed by atoms with E-state index in [1.54, 1.807) is 48.5 Å². The summed E-state index contributed by atoms with van der Waals surface area (Å²) in [4.78, 5) is 27.9. The quantitative estimate of drug-likeness (QED) is 0.422. The third-order valence-corrected chi connectivity index (χ3v) is 5.50. The second kappa shape index (κ2) is 10.5. The molecular formula is C26H25FN4O2. The number of amides is 2. The molecule has 33 heavy (non-hydrogen) atoms. The Morgan fingerprint density at radius 3 is 2.33 bits per heavy atom. The maximum atomic E-state index is 13.1. The number of hydrogen-bond acceptors (Lipinski definition) is 4. The van der Waals surface area contributed by atoms with E-state index in [1.165, 1.54) is 24.8 Å². The summed E-state index contributed by atoms with van der Waals surface area (Å²) in [6.07, 6.45) is 4.85. The zero-order valence-corrected chi connectivity index (χ0v) is 18.1. The van der Waals surface area contributed by atoms with E-state index in [0.29, 0.717) is 22.4 Å². The molecule has 3 aromatic carbocycles. The first-order valence-electron chi connectivity index (χ1n) is 10.9. The Labute approximate surface area is 192 Å². The van der Waals surface area contributed by atoms with Crippen molar-refractivity contribution in [1.82, 2.24) is 5.43 Å². The van der Waals surface area contributed by atoms with Crippen molar-refractivity contribution in [3.05, 3.63) is 95.3 Å². The summed E-state index contributed by atoms with van der Waals surface area (Å²) >= 11 is 0. The molecule has 0 bridgehead atoms. The molecule has 0 aromatic heterocycles. The van der Waals surface area contributed by atoms with Gasteiger partial charge in [0.1, 0.15) is 5.82 Å². The largest absolute Gasteiger partial charge is 0.372 e. The van der Waals surface area contributed by atoms with Crippen LogP contribution in [0.25, 0.3) is 0 Å². The number of piperidine rings is 1. The standard InChI is InChI=1S/C26H25FN4O2/c27-21-11-9-19(10-12-21)18-28-30-26(33)23-17-22(31-15-5-2-6-16-31)13-14-24(23)29-25(32)20-7-3-1-4-8-20/h1,3-4,7-14,17-18H,2,5-6,15-16H2,(H,29,32)(H,30,33)/b28-18+. The number of rotatable bonds is 6. The van der Waals surface area contributed by atoms with Crippen LogP contribution in [0.2, 0.25) is 0 Å². The molecule has 6 nitrogen and oxygen atoms in total. The molecule has 0 spiro atoms. The van der Waals surface area contributed by atoms with Crippen LogP contribution in [0.15, 0.2) is 77.9 Å². The first-order chi connectivity index (χ1) is 16.1. The molecule has 4 rings (SSSR count). The van der Waals surface area contributed by atoms with E-state index in [4.69, 9.17) is 0 Å². The van der Waals surface area contributed by atoms with Gasteiger partial charge in [-0.05, 0) is 67.3 Å². The molecule has 0 radical (unpaired) electrons. The molecule has 1 aliphatic rings. The highest BCUT2D eigenvalue weighted by atomic mass is 19.1. The summed E-state index contributed by atoms with van der Waals surface area (Å²) < 4.78 is 13.1. The lowest BCUT2D eigenvalue weighted by Crippen LogP contribution is -2.30. The average molecular weight is 445 g/mol. The van der Waals surface area contributed by atoms with Crippen LogP contribution in [0.1, 0.15) is 45.5 Å². The van der Waals surface area contributed by atoms with Crippen LogP contribution < -0.4 is 15.6 Å². The lowest BCUT2D eigenvalue weighted by molar-refractivity contribution is 0.0956. The van der Waals surface area contributed by atoms with E-state index in [9.17, 15) is 14.0 Å². The molecule has 0 unspecified atom stereocenters. The van der Waals surface area contributed by atoms with Gasteiger partial charge in [-0.1, -0.05) is 30.3 Å². The first kappa shape index (κ1) is 22.2. The summed E-state index contributed by atoms with van der Waals surface area (Å²) in [6.45, 7) is 1.86. The van der Waals surface area contributed by atoms with Crippen LogP contribution in [0, 0.1) is 5.82 Å². The third-order valence-electron chi connectivity index (χ3n) is 5.50. The lowest BCUT2D eigenvalue weighted by atomic mass is 10.1. The summed E-state index contributed by atoms with van der Waals surface area (Å²) in [5.74, 6) is -1.09. The zero-order chi connectivity index (χ0) is 23.0. The molecule has 1 aliphatic heterocycles. The zero-order valence-electron chi connectivity index (χ0n) is 18.1. The highest BCUT2D eigenvalue weighted by molar-refractivity contribution is 6.09. The predicted molar refractivity (Wildman–Crippen MR) is 128 cm³/mol. The summed E-state index contributed by atoms with van der Waals surface area (Å²) in [7, 11) is 0. The van der Waals surface area contributed by atoms with Gasteiger partial charge in [0, 0.05) is 24.3 Å². The highest BCUT2D eigenvalue weighted by Crippen LogP contribution is 2.26. The van der Waals surface area contributed by atoms with Crippen LogP contribution in [-0.2, 0) is 0 Å². The monoisotopic (exact) mass is 444 g/mol. The van der Waals surface area contributed by atoms with Crippen molar-refractivity contribution < 1.29 is 14.0 Å². The van der Waals surface area contributed by atoms with Gasteiger partial charge in [-0.25, -0.2) is 9.82 Å². The molecule has 2 amide bonds. The number of anilines is 2. The molecule has 1 heterocycles. The fourth-order valence-corrected chi connectivity index (χ4v) is 3.74. The van der Waals surface area contributed by atoms with Crippen molar-refractivity contribution in [2.24, 2.45) is 5.10 Å². The minimum absolute atomic E-state index is 0.301. The van der Waals surface area contributed by atoms with E-state index in [2.05, 4.69) is 20.7 Å². The Hall–Kier alpha value is -4.00. The maximum absolute atomic E-state index is 13.1. The Morgan fingerprint density at radius 2 is 1.61 bits per heavy atom. The summed E-state index contributed by atoms with van der Waals surface area (Å²) in [5.41, 5.74) is 5.31. The second-order valence-corrected chi connectivity index (χ2v) is 7.85. The minimum Gasteiger partial charge on any atom is -0.372 e. The van der Waals surface area contributed by atoms with Crippen molar-refractivity contribution in [2.75, 3.05) is 23.3 Å². The Kier molecular flexibility index (Phi) is 7.09. The van der Waals surface area contributed by atoms with Gasteiger partial charge in [0.15, 0.2) is 0 Å². The molecule has 2 N–H and O–H groups in total. The number of nitrogens with zero attached hydrogens (tertiary/aromatic N) is 2. The normalized spacial score (nSPS) is 13.7. The van der Waals surface area contributed by atoms with Crippen molar-refractivity contribution in [1.29, 1.82) is 0 Å². The van der Waals surface area contributed by atoms with Gasteiger partial charge < -0.3 is 10.2 Å². The molecular weight excluding hydrogens is 419 g/mol. The number of hydrazone groups is 1. The van der Waals surface area contributed by atoms with Crippen LogP contribution in [0.5, 0.6) is 0 Å². The Morgan fingerprint density at radius 1 is 0.879 bits per heavy atom. The smallest absolute Gasteiger partial charge is 0.273 e. The van der Waals surface area contributed by atoms with E-state index in [1.807, 2.05) is 12.1 Å². The van der Waals surface area contributed by atoms with E-state index in [0.717, 1.165) is 31.6 Å². The molecule has 7 heteroatoms. The highest BCUT2D eigenvalue weighted by Gasteiger charge is 2.18. The van der Waals surface area contributed by atoms with Gasteiger partial charge in [-0.2, -0.15) is 5.10 Å². The Balaban J connectivity index is 1.56. The topological polar surface area (TPSA) is 73.8 Å². The number of carbonyl (C=O) groups is 2. The predicted octanol–water partition coefficient (Wildman–Crippen LogP) is 4.83. The molecule has 0 saturated carbocycles. The molecule has 0 atom stereocenters. The fraction of sp³-hybridized carbons (Fsp3) is 0.192. The van der Waals surface area contributed by atoms with Crippen molar-refractivity contribution in [3.63, 3.8) is 0 Å². The summed E-state index contributed by atoms with van der Waals surface area (Å²) in [6, 6.07) is 20.1. The molecule has 3 aromatic rings. The van der Waals surface area contributed by atoms with Crippen LogP contribution in [0.3, 0.4) is 0 Å². The SMILES string of the molecule is O=C(Nc1ccc(N2CCCCC2)cc1C(=O)N/N=C/c1ccc(F)cc1)c1ccccc1. The molecule has 0 aliphatic carbocycles. The van der Waals surface area contributed by atoms with Crippen LogP contribution in [0.4, 0.5) is 15.8 Å². The van der Waals surface area contributed by atoms with E-state index >= 15 is 0 Å². The molecule has 168 valence electrons. The second-order valence-electron chi connectivity index (χ2n) is 7.85. The molecule has 1 saturated heterocycles. The first-order valence-corrected chi connectivity index (χ1v) is 10.9. The van der Waals surface area contributed by atoms with E-state index in [-0.39, 0.29) is 11.7 Å². The number of hydrogen-bond donors (Lipinski definition) is 2. The summed E-state index contributed by atoms with van der Waals surface area (Å²) in [5, 5.41) is 6.84. The average Bonchev–Trinajstić information content (AvgIpc) is 2.86. The van der Waals surface area contributed by atoms with Crippen LogP contribution >= 0.6 is 0 Å².